The van der Waals surface area contributed by atoms with Crippen LogP contribution in [-0.2, 0) is 36.7 Å². The highest BCUT2D eigenvalue weighted by Gasteiger charge is 2.56. The number of hydrogen-bond donors (Lipinski definition) is 10. The Morgan fingerprint density at radius 2 is 0.877 bits per heavy atom. The molecule has 4 saturated heterocycles. The number of aliphatic hydroxyl groups is 2. The van der Waals surface area contributed by atoms with Crippen molar-refractivity contribution in [2.24, 2.45) is 0 Å². The number of carbonyl (C=O) groups is 4. The van der Waals surface area contributed by atoms with Crippen LogP contribution in [0.15, 0.2) is 122 Å². The molecule has 12 N–H and O–H groups in total. The molecular weight excluding hydrogens is 1910 g/mol. The number of aliphatic hydroxyl groups excluding tert-OH is 2. The summed E-state index contributed by atoms with van der Waals surface area (Å²) < 4.78 is 78.1. The Kier molecular flexibility index (Phi) is 27.2. The Labute approximate surface area is 843 Å². The summed E-state index contributed by atoms with van der Waals surface area (Å²) >= 11 is 0. The van der Waals surface area contributed by atoms with Gasteiger partial charge in [0.25, 0.3) is 11.8 Å². The Morgan fingerprint density at radius 3 is 1.29 bits per heavy atom. The molecule has 0 bridgehead atoms. The molecule has 38 nitrogen and oxygen atoms in total. The zero-order valence-corrected chi connectivity index (χ0v) is 86.4. The lowest BCUT2D eigenvalue weighted by molar-refractivity contribution is -0.256. The molecule has 10 aliphatic rings. The molecule has 2 amide bonds. The number of hydrogen-bond acceptors (Lipinski definition) is 30. The fourth-order valence-electron chi connectivity index (χ4n) is 23.0. The zero-order valence-electron chi connectivity index (χ0n) is 84.6. The number of fused-ring (bicyclic) bond motifs is 12. The van der Waals surface area contributed by atoms with Crippen molar-refractivity contribution in [2.45, 2.75) is 233 Å². The summed E-state index contributed by atoms with van der Waals surface area (Å²) in [6, 6.07) is 26.2. The van der Waals surface area contributed by atoms with Crippen LogP contribution in [0.1, 0.15) is 261 Å². The second-order valence-electron chi connectivity index (χ2n) is 40.9. The number of aromatic nitrogens is 8. The van der Waals surface area contributed by atoms with Crippen molar-refractivity contribution in [3.05, 3.63) is 210 Å². The van der Waals surface area contributed by atoms with Crippen molar-refractivity contribution in [3.8, 4) is 23.0 Å². The zero-order chi connectivity index (χ0) is 104. The van der Waals surface area contributed by atoms with E-state index in [2.05, 4.69) is 254 Å². The van der Waals surface area contributed by atoms with Gasteiger partial charge in [-0.25, -0.2) is 48.2 Å². The summed E-state index contributed by atoms with van der Waals surface area (Å²) in [5.41, 5.74) is 26.9. The third-order valence-corrected chi connectivity index (χ3v) is 31.4. The van der Waals surface area contributed by atoms with Gasteiger partial charge < -0.3 is 101 Å². The van der Waals surface area contributed by atoms with Crippen molar-refractivity contribution in [3.63, 3.8) is 0 Å². The van der Waals surface area contributed by atoms with Crippen LogP contribution >= 0.6 is 15.6 Å². The highest BCUT2D eigenvalue weighted by molar-refractivity contribution is 7.47. The Hall–Kier alpha value is -12.9. The van der Waals surface area contributed by atoms with Crippen LogP contribution in [0, 0.1) is 0 Å². The lowest BCUT2D eigenvalue weighted by Crippen LogP contribution is -2.49. The van der Waals surface area contributed by atoms with Crippen LogP contribution in [0.2, 0.25) is 0 Å². The molecule has 20 rings (SSSR count). The molecule has 2 unspecified atom stereocenters. The van der Waals surface area contributed by atoms with Crippen molar-refractivity contribution in [1.29, 1.82) is 0 Å². The highest BCUT2D eigenvalue weighted by atomic mass is 31.2. The van der Waals surface area contributed by atoms with E-state index >= 15 is 0 Å². The van der Waals surface area contributed by atoms with Gasteiger partial charge in [-0.05, 0) is 203 Å². The maximum Gasteiger partial charge on any atom is 0.472 e. The number of carboxylic acids is 2. The number of phosphoric acid groups is 2. The summed E-state index contributed by atoms with van der Waals surface area (Å²) in [5, 5.41) is 64.9. The molecule has 6 aromatic carbocycles. The van der Waals surface area contributed by atoms with Crippen LogP contribution < -0.4 is 92.5 Å². The van der Waals surface area contributed by atoms with E-state index in [4.69, 9.17) is 48.5 Å². The van der Waals surface area contributed by atoms with E-state index in [0.717, 1.165) is 140 Å². The summed E-state index contributed by atoms with van der Waals surface area (Å²) in [5.74, 6) is -0.246. The number of benzene rings is 6. The van der Waals surface area contributed by atoms with Gasteiger partial charge in [-0.2, -0.15) is 0 Å². The largest absolute Gasteiger partial charge is 0.545 e. The molecule has 10 aliphatic heterocycles. The number of ether oxygens (including phenoxy) is 4. The monoisotopic (exact) mass is 2030 g/mol. The van der Waals surface area contributed by atoms with Crippen LogP contribution in [0.5, 0.6) is 23.0 Å². The Bertz CT molecular complexity index is 7610. The summed E-state index contributed by atoms with van der Waals surface area (Å²) in [6.07, 6.45) is 8.68. The first-order chi connectivity index (χ1) is 69.4. The number of unbranched alkanes of at least 4 members (excludes halogenated alkanes) is 6. The molecular formula is C106H124N18O20P2. The minimum Gasteiger partial charge on any atom is -0.545 e. The normalized spacial score (nSPS) is 23.3. The molecule has 146 heavy (non-hydrogen) atoms. The highest BCUT2D eigenvalue weighted by Crippen LogP contribution is 2.56. The molecule has 0 saturated carbocycles. The topological polar surface area (TPSA) is 503 Å². The Balaban J connectivity index is 0.000000184. The van der Waals surface area contributed by atoms with Crippen LogP contribution in [0.25, 0.3) is 55.8 Å². The number of anilines is 6. The average molecular weight is 2030 g/mol. The summed E-state index contributed by atoms with van der Waals surface area (Å²) in [7, 11) is -8.70. The number of nitrogens with two attached hydrogens (primary N) is 2. The third-order valence-electron chi connectivity index (χ3n) is 29.4. The second-order valence-corrected chi connectivity index (χ2v) is 43.7. The lowest BCUT2D eigenvalue weighted by atomic mass is 9.83. The number of nitrogens with one attached hydrogen (secondary N) is 4. The molecule has 4 aromatic heterocycles. The van der Waals surface area contributed by atoms with Crippen LogP contribution in [0.4, 0.5) is 34.9 Å². The predicted octanol–water partition coefficient (Wildman–Crippen LogP) is 10.1. The number of aromatic carboxylic acids is 2. The third kappa shape index (κ3) is 18.6. The number of amides is 2. The standard InChI is InChI=1S/2C53H62N9O10P/c1-9-60-37-22-39-35(20-32(37)28(3)24-52(60,5)6)42(36-21-33-29(4)25-53(7,8)61(10-2)38(33)23-40(36)70-39)34-19-30(15-16-31(34)50(65)66)48(64)55-17-13-11-12-14-18-56-51-59-43-46(54)57-27-58-47(43)62(51)49-44(63)45-41(71-49)26-69-73(67,68)72-45;1-9-60-37-22-39-35(20-32(37)28(3)24-52(60,5)6)42(36-21-33-29(4)25-53(7,8)61(10-2)38(33)23-40(36)70-39)31-16-15-30(19-34(31)50(65)66)48(64)55-17-13-11-12-14-18-56-51-59-43-46(54)57-27-58-47(43)62(51)49-44(63)45-41(71-49)26-69-73(67,68)72-45/h15-16,19-25,27,41,44-45,49,63H,9-14,17-18,26H2,1-8H3,(H5-,54,55,56,57,58,59,64,65,66,67,68);15-16,19-25,27,41,44-45,49,54-55,63H,9-14,17-18,26H2,1-8H3,(H3,64,65,66,67,68)/t2*41-,44-,45-,49-/m11/s1. The van der Waals surface area contributed by atoms with E-state index in [9.17, 15) is 58.5 Å². The van der Waals surface area contributed by atoms with Gasteiger partial charge in [0, 0.05) is 168 Å². The molecule has 0 aliphatic carbocycles. The van der Waals surface area contributed by atoms with Gasteiger partial charge in [0.1, 0.15) is 85.4 Å². The lowest BCUT2D eigenvalue weighted by Gasteiger charge is -2.43. The van der Waals surface area contributed by atoms with E-state index in [1.165, 1.54) is 40.0 Å². The number of likely N-dealkylation sites (N-methyl/N-ethyl adjacent to an activating group) is 4. The van der Waals surface area contributed by atoms with Gasteiger partial charge >= 0.3 is 15.6 Å². The van der Waals surface area contributed by atoms with Gasteiger partial charge in [-0.15, -0.1) is 0 Å². The number of nitrogens with zero attached hydrogens (tertiary/aromatic N) is 12. The summed E-state index contributed by atoms with van der Waals surface area (Å²) in [6.45, 7) is 38.7. The first kappa shape index (κ1) is 102. The summed E-state index contributed by atoms with van der Waals surface area (Å²) in [4.78, 5) is 104. The van der Waals surface area contributed by atoms with E-state index in [-0.39, 0.29) is 80.6 Å². The quantitative estimate of drug-likeness (QED) is 0.0124. The average Bonchev–Trinajstić information content (AvgIpc) is 1.06. The van der Waals surface area contributed by atoms with Crippen molar-refractivity contribution in [1.82, 2.24) is 58.8 Å². The van der Waals surface area contributed by atoms with E-state index < -0.39 is 82.6 Å². The molecule has 14 heterocycles. The van der Waals surface area contributed by atoms with Gasteiger partial charge in [0.15, 0.2) is 57.5 Å². The number of allylic oxidation sites excluding steroid dienone is 4. The van der Waals surface area contributed by atoms with Crippen molar-refractivity contribution in [2.75, 3.05) is 97.5 Å². The van der Waals surface area contributed by atoms with Gasteiger partial charge in [-0.3, -0.25) is 36.8 Å². The number of phosphoric ester groups is 2. The number of carboxylic acid groups (broad SMARTS) is 2. The SMILES string of the molecule is CCN1c2cc3c(cc2C(C)=CC1(C)C)C(c1cc(C(=O)NCCCCCCNc2nc4c(N)ncnc4n2[C@@H]2O[C@@H]4COP(=O)(O)O[C@H]4[C@H]2O)ccc1C(=O)[O-])=c1cc2c(cc1O3)=[N+](CC)C(C)(C)C=C2C.CCN1c2cc3c(cc2C(C)=CC1(C)C)C(c1ccc(C(=O)NCCCCCCNc2nc4c(N)ncnc4n2[C@@H]2O[C@@H]4COP(=O)(O)O[C@H]4[C@H]2O)cc1C(=O)[O-])=c1cc2c(cc1O3)=[N+](CC)C(C)(C)C=C2C. The minimum atomic E-state index is -4.35. The first-order valence-electron chi connectivity index (χ1n) is 49.9. The molecule has 10 aromatic rings. The maximum absolute atomic E-state index is 14.0. The Morgan fingerprint density at radius 1 is 0.473 bits per heavy atom. The molecule has 40 heteroatoms. The van der Waals surface area contributed by atoms with Crippen molar-refractivity contribution < 1.29 is 95.6 Å². The fourth-order valence-corrected chi connectivity index (χ4v) is 24.9. The smallest absolute Gasteiger partial charge is 0.472 e. The maximum atomic E-state index is 14.0. The number of carbonyl (C=O) groups excluding carboxylic acids is 4. The number of nitrogen functional groups attached to an aromatic ring is 2. The van der Waals surface area contributed by atoms with E-state index in [0.29, 0.717) is 126 Å². The van der Waals surface area contributed by atoms with Crippen LogP contribution in [-0.4, -0.2) is 207 Å². The predicted molar refractivity (Wildman–Crippen MR) is 549 cm³/mol. The first-order valence-corrected chi connectivity index (χ1v) is 52.9. The minimum absolute atomic E-state index is 0.0414. The number of rotatable bonds is 28. The van der Waals surface area contributed by atoms with E-state index in [1.807, 2.05) is 0 Å². The van der Waals surface area contributed by atoms with Gasteiger partial charge in [-0.1, -0.05) is 50.0 Å². The molecule has 10 atom stereocenters. The number of imidazole rings is 2. The molecule has 4 fully saturated rings. The molecule has 768 valence electrons. The van der Waals surface area contributed by atoms with E-state index in [1.54, 1.807) is 18.2 Å². The van der Waals surface area contributed by atoms with Crippen LogP contribution in [0.3, 0.4) is 0 Å². The second kappa shape index (κ2) is 39.0. The molecule has 0 spiro atoms. The molecule has 0 radical (unpaired) electrons. The fraction of sp³-hybridized carbons (Fsp3) is 0.434. The van der Waals surface area contributed by atoms with Crippen molar-refractivity contribution >= 4 is 130 Å². The van der Waals surface area contributed by atoms with Gasteiger partial charge in [0.2, 0.25) is 22.6 Å². The van der Waals surface area contributed by atoms with Gasteiger partial charge in [0.05, 0.1) is 48.4 Å².